The SMILES string of the molecule is N#CC(c1cccnn1)c1cc(Br)ccc1F. The molecule has 1 heterocycles. The minimum atomic E-state index is -0.749. The smallest absolute Gasteiger partial charge is 0.128 e. The van der Waals surface area contributed by atoms with Crippen molar-refractivity contribution in [1.82, 2.24) is 10.2 Å². The Bertz CT molecular complexity index is 566. The first-order valence-electron chi connectivity index (χ1n) is 4.84. The van der Waals surface area contributed by atoms with Gasteiger partial charge in [-0.2, -0.15) is 15.5 Å². The maximum Gasteiger partial charge on any atom is 0.128 e. The average molecular weight is 292 g/mol. The van der Waals surface area contributed by atoms with Gasteiger partial charge in [0.1, 0.15) is 11.7 Å². The van der Waals surface area contributed by atoms with E-state index in [0.29, 0.717) is 11.3 Å². The van der Waals surface area contributed by atoms with Crippen LogP contribution < -0.4 is 0 Å². The third kappa shape index (κ3) is 2.48. The number of hydrogen-bond acceptors (Lipinski definition) is 3. The Morgan fingerprint density at radius 1 is 1.35 bits per heavy atom. The Morgan fingerprint density at radius 3 is 2.82 bits per heavy atom. The summed E-state index contributed by atoms with van der Waals surface area (Å²) in [4.78, 5) is 0. The normalized spacial score (nSPS) is 11.8. The molecule has 2 rings (SSSR count). The first-order chi connectivity index (χ1) is 8.22. The van der Waals surface area contributed by atoms with E-state index in [1.165, 1.54) is 12.3 Å². The van der Waals surface area contributed by atoms with Crippen molar-refractivity contribution >= 4 is 15.9 Å². The van der Waals surface area contributed by atoms with Gasteiger partial charge in [0, 0.05) is 16.2 Å². The zero-order valence-electron chi connectivity index (χ0n) is 8.64. The van der Waals surface area contributed by atoms with Gasteiger partial charge in [0.25, 0.3) is 0 Å². The molecule has 1 aromatic carbocycles. The maximum atomic E-state index is 13.7. The average Bonchev–Trinajstić information content (AvgIpc) is 2.36. The van der Waals surface area contributed by atoms with E-state index in [1.807, 2.05) is 6.07 Å². The molecule has 0 spiro atoms. The van der Waals surface area contributed by atoms with Crippen molar-refractivity contribution in [2.75, 3.05) is 0 Å². The Hall–Kier alpha value is -1.80. The predicted molar refractivity (Wildman–Crippen MR) is 63.6 cm³/mol. The Kier molecular flexibility index (Phi) is 3.45. The van der Waals surface area contributed by atoms with Crippen molar-refractivity contribution in [2.24, 2.45) is 0 Å². The molecule has 1 unspecified atom stereocenters. The molecule has 2 aromatic rings. The standard InChI is InChI=1S/C12H7BrFN3/c13-8-3-4-11(14)9(6-8)10(7-15)12-2-1-5-16-17-12/h1-6,10H. The summed E-state index contributed by atoms with van der Waals surface area (Å²) in [6, 6.07) is 9.85. The predicted octanol–water partition coefficient (Wildman–Crippen LogP) is 3.03. The van der Waals surface area contributed by atoms with Crippen LogP contribution in [0.3, 0.4) is 0 Å². The topological polar surface area (TPSA) is 49.6 Å². The lowest BCUT2D eigenvalue weighted by atomic mass is 9.96. The van der Waals surface area contributed by atoms with Gasteiger partial charge in [-0.15, -0.1) is 0 Å². The highest BCUT2D eigenvalue weighted by Crippen LogP contribution is 2.27. The number of aromatic nitrogens is 2. The lowest BCUT2D eigenvalue weighted by Crippen LogP contribution is -2.04. The van der Waals surface area contributed by atoms with Crippen molar-refractivity contribution < 1.29 is 4.39 Å². The fraction of sp³-hybridized carbons (Fsp3) is 0.0833. The zero-order chi connectivity index (χ0) is 12.3. The van der Waals surface area contributed by atoms with Crippen LogP contribution in [0.15, 0.2) is 41.0 Å². The largest absolute Gasteiger partial charge is 0.207 e. The molecular formula is C12H7BrFN3. The summed E-state index contributed by atoms with van der Waals surface area (Å²) in [6.45, 7) is 0. The van der Waals surface area contributed by atoms with E-state index < -0.39 is 11.7 Å². The summed E-state index contributed by atoms with van der Waals surface area (Å²) in [6.07, 6.45) is 1.51. The summed E-state index contributed by atoms with van der Waals surface area (Å²) >= 11 is 3.25. The number of rotatable bonds is 2. The van der Waals surface area contributed by atoms with E-state index >= 15 is 0 Å². The van der Waals surface area contributed by atoms with Crippen LogP contribution in [0.4, 0.5) is 4.39 Å². The van der Waals surface area contributed by atoms with Crippen molar-refractivity contribution in [2.45, 2.75) is 5.92 Å². The van der Waals surface area contributed by atoms with Crippen LogP contribution in [0.5, 0.6) is 0 Å². The fourth-order valence-corrected chi connectivity index (χ4v) is 1.88. The van der Waals surface area contributed by atoms with Crippen molar-refractivity contribution in [1.29, 1.82) is 5.26 Å². The van der Waals surface area contributed by atoms with Gasteiger partial charge >= 0.3 is 0 Å². The molecule has 5 heteroatoms. The highest BCUT2D eigenvalue weighted by Gasteiger charge is 2.19. The Balaban J connectivity index is 2.51. The highest BCUT2D eigenvalue weighted by atomic mass is 79.9. The van der Waals surface area contributed by atoms with Gasteiger partial charge in [-0.25, -0.2) is 4.39 Å². The second-order valence-electron chi connectivity index (χ2n) is 3.38. The minimum absolute atomic E-state index is 0.294. The van der Waals surface area contributed by atoms with Crippen molar-refractivity contribution in [3.63, 3.8) is 0 Å². The summed E-state index contributed by atoms with van der Waals surface area (Å²) in [5, 5.41) is 16.7. The lowest BCUT2D eigenvalue weighted by molar-refractivity contribution is 0.606. The van der Waals surface area contributed by atoms with E-state index in [9.17, 15) is 4.39 Å². The second kappa shape index (κ2) is 5.02. The van der Waals surface area contributed by atoms with Gasteiger partial charge in [0.2, 0.25) is 0 Å². The quantitative estimate of drug-likeness (QED) is 0.854. The van der Waals surface area contributed by atoms with Gasteiger partial charge in [0.05, 0.1) is 11.8 Å². The summed E-state index contributed by atoms with van der Waals surface area (Å²) in [7, 11) is 0. The highest BCUT2D eigenvalue weighted by molar-refractivity contribution is 9.10. The molecule has 0 aliphatic rings. The van der Waals surface area contributed by atoms with E-state index in [2.05, 4.69) is 26.1 Å². The van der Waals surface area contributed by atoms with Gasteiger partial charge in [0.15, 0.2) is 0 Å². The van der Waals surface area contributed by atoms with Crippen LogP contribution in [-0.2, 0) is 0 Å². The molecule has 84 valence electrons. The van der Waals surface area contributed by atoms with Crippen molar-refractivity contribution in [3.05, 3.63) is 58.1 Å². The molecule has 0 radical (unpaired) electrons. The second-order valence-corrected chi connectivity index (χ2v) is 4.29. The lowest BCUT2D eigenvalue weighted by Gasteiger charge is -2.09. The summed E-state index contributed by atoms with van der Waals surface area (Å²) in [5.74, 6) is -1.17. The molecule has 0 aliphatic heterocycles. The molecule has 0 amide bonds. The van der Waals surface area contributed by atoms with Crippen LogP contribution in [0.1, 0.15) is 17.2 Å². The first kappa shape index (κ1) is 11.7. The number of nitriles is 1. The summed E-state index contributed by atoms with van der Waals surface area (Å²) < 4.78 is 14.4. The van der Waals surface area contributed by atoms with Crippen molar-refractivity contribution in [3.8, 4) is 6.07 Å². The van der Waals surface area contributed by atoms with Crippen LogP contribution in [0.2, 0.25) is 0 Å². The minimum Gasteiger partial charge on any atom is -0.207 e. The van der Waals surface area contributed by atoms with Crippen LogP contribution in [0, 0.1) is 17.1 Å². The van der Waals surface area contributed by atoms with E-state index in [4.69, 9.17) is 5.26 Å². The number of halogens is 2. The first-order valence-corrected chi connectivity index (χ1v) is 5.64. The molecule has 0 saturated heterocycles. The molecule has 1 atom stereocenters. The molecule has 3 nitrogen and oxygen atoms in total. The van der Waals surface area contributed by atoms with Crippen LogP contribution >= 0.6 is 15.9 Å². The Morgan fingerprint density at radius 2 is 2.18 bits per heavy atom. The monoisotopic (exact) mass is 291 g/mol. The molecule has 0 aliphatic carbocycles. The van der Waals surface area contributed by atoms with Gasteiger partial charge in [-0.3, -0.25) is 0 Å². The Labute approximate surface area is 106 Å². The third-order valence-electron chi connectivity index (χ3n) is 2.29. The summed E-state index contributed by atoms with van der Waals surface area (Å²) in [5.41, 5.74) is 0.731. The van der Waals surface area contributed by atoms with E-state index in [1.54, 1.807) is 24.3 Å². The molecule has 0 fully saturated rings. The molecule has 0 N–H and O–H groups in total. The van der Waals surface area contributed by atoms with Crippen LogP contribution in [0.25, 0.3) is 0 Å². The van der Waals surface area contributed by atoms with Gasteiger partial charge in [-0.05, 0) is 30.3 Å². The fourth-order valence-electron chi connectivity index (χ4n) is 1.50. The zero-order valence-corrected chi connectivity index (χ0v) is 10.2. The van der Waals surface area contributed by atoms with Gasteiger partial charge in [-0.1, -0.05) is 15.9 Å². The third-order valence-corrected chi connectivity index (χ3v) is 2.78. The molecule has 0 saturated carbocycles. The maximum absolute atomic E-state index is 13.7. The number of hydrogen-bond donors (Lipinski definition) is 0. The van der Waals surface area contributed by atoms with Crippen LogP contribution in [-0.4, -0.2) is 10.2 Å². The molecule has 17 heavy (non-hydrogen) atoms. The van der Waals surface area contributed by atoms with E-state index in [-0.39, 0.29) is 0 Å². The van der Waals surface area contributed by atoms with E-state index in [0.717, 1.165) is 4.47 Å². The number of nitrogens with zero attached hydrogens (tertiary/aromatic N) is 3. The number of benzene rings is 1. The van der Waals surface area contributed by atoms with Gasteiger partial charge < -0.3 is 0 Å². The molecular weight excluding hydrogens is 285 g/mol. The molecule has 0 bridgehead atoms. The molecule has 1 aromatic heterocycles.